The van der Waals surface area contributed by atoms with E-state index in [0.29, 0.717) is 5.92 Å². The maximum Gasteiger partial charge on any atom is 0.0645 e. The quantitative estimate of drug-likeness (QED) is 0.658. The Bertz CT molecular complexity index is 348. The smallest absolute Gasteiger partial charge is 0.0645 e. The van der Waals surface area contributed by atoms with Crippen molar-refractivity contribution in [3.8, 4) is 0 Å². The second kappa shape index (κ2) is 4.62. The van der Waals surface area contributed by atoms with Gasteiger partial charge in [0.1, 0.15) is 0 Å². The van der Waals surface area contributed by atoms with Gasteiger partial charge in [0.25, 0.3) is 0 Å². The molecule has 0 amide bonds. The molecule has 0 bridgehead atoms. The van der Waals surface area contributed by atoms with Crippen LogP contribution >= 0.6 is 0 Å². The Morgan fingerprint density at radius 3 is 2.50 bits per heavy atom. The summed E-state index contributed by atoms with van der Waals surface area (Å²) in [5.74, 6) is 0.397. The summed E-state index contributed by atoms with van der Waals surface area (Å²) in [7, 11) is 0. The average molecular weight is 254 g/mol. The number of aliphatic hydroxyl groups excluding tert-OH is 3. The van der Waals surface area contributed by atoms with E-state index in [0.717, 1.165) is 24.8 Å². The van der Waals surface area contributed by atoms with E-state index in [4.69, 9.17) is 0 Å². The van der Waals surface area contributed by atoms with Crippen molar-refractivity contribution in [2.75, 3.05) is 13.2 Å². The van der Waals surface area contributed by atoms with Crippen LogP contribution < -0.4 is 0 Å². The maximum atomic E-state index is 10.2. The molecule has 2 rings (SSSR count). The number of fused-ring (bicyclic) bond motifs is 1. The van der Waals surface area contributed by atoms with E-state index in [1.54, 1.807) is 0 Å². The van der Waals surface area contributed by atoms with Crippen LogP contribution in [0.3, 0.4) is 0 Å². The second-order valence-corrected chi connectivity index (χ2v) is 6.84. The molecule has 2 aliphatic carbocycles. The number of hydrogen-bond acceptors (Lipinski definition) is 3. The van der Waals surface area contributed by atoms with Crippen LogP contribution in [0.1, 0.15) is 40.0 Å². The minimum absolute atomic E-state index is 0.00963. The highest BCUT2D eigenvalue weighted by atomic mass is 16.3. The van der Waals surface area contributed by atoms with E-state index in [-0.39, 0.29) is 36.1 Å². The summed E-state index contributed by atoms with van der Waals surface area (Å²) in [6, 6.07) is 0. The van der Waals surface area contributed by atoms with Gasteiger partial charge in [-0.1, -0.05) is 26.8 Å². The molecule has 18 heavy (non-hydrogen) atoms. The lowest BCUT2D eigenvalue weighted by Crippen LogP contribution is -2.55. The Hall–Kier alpha value is -0.380. The zero-order chi connectivity index (χ0) is 13.6. The lowest BCUT2D eigenvalue weighted by atomic mass is 9.48. The molecule has 4 atom stereocenters. The van der Waals surface area contributed by atoms with E-state index in [2.05, 4.69) is 26.8 Å². The molecule has 0 saturated heterocycles. The third-order valence-corrected chi connectivity index (χ3v) is 5.73. The van der Waals surface area contributed by atoms with Gasteiger partial charge in [-0.15, -0.1) is 0 Å². The monoisotopic (exact) mass is 254 g/mol. The van der Waals surface area contributed by atoms with E-state index in [1.165, 1.54) is 0 Å². The molecule has 0 aromatic carbocycles. The number of rotatable bonds is 2. The van der Waals surface area contributed by atoms with E-state index < -0.39 is 0 Å². The first-order valence-electron chi connectivity index (χ1n) is 6.96. The fourth-order valence-corrected chi connectivity index (χ4v) is 4.40. The zero-order valence-corrected chi connectivity index (χ0v) is 11.7. The third-order valence-electron chi connectivity index (χ3n) is 5.73. The van der Waals surface area contributed by atoms with Crippen molar-refractivity contribution >= 4 is 0 Å². The van der Waals surface area contributed by atoms with Gasteiger partial charge in [0.2, 0.25) is 0 Å². The van der Waals surface area contributed by atoms with Crippen LogP contribution in [0.5, 0.6) is 0 Å². The Balaban J connectivity index is 2.41. The molecule has 0 aliphatic heterocycles. The van der Waals surface area contributed by atoms with Gasteiger partial charge in [0.15, 0.2) is 0 Å². The van der Waals surface area contributed by atoms with Crippen molar-refractivity contribution in [1.82, 2.24) is 0 Å². The number of aliphatic hydroxyl groups is 3. The fourth-order valence-electron chi connectivity index (χ4n) is 4.40. The van der Waals surface area contributed by atoms with E-state index >= 15 is 0 Å². The normalized spacial score (nSPS) is 43.2. The summed E-state index contributed by atoms with van der Waals surface area (Å²) in [5.41, 5.74) is 0.839. The van der Waals surface area contributed by atoms with Crippen LogP contribution in [0.15, 0.2) is 11.6 Å². The van der Waals surface area contributed by atoms with Gasteiger partial charge in [0, 0.05) is 5.92 Å². The fraction of sp³-hybridized carbons (Fsp3) is 0.867. The molecule has 104 valence electrons. The first-order valence-corrected chi connectivity index (χ1v) is 6.96. The molecule has 1 fully saturated rings. The first-order chi connectivity index (χ1) is 8.37. The topological polar surface area (TPSA) is 60.7 Å². The number of hydrogen-bond donors (Lipinski definition) is 3. The summed E-state index contributed by atoms with van der Waals surface area (Å²) in [6.07, 6.45) is 4.42. The first kappa shape index (κ1) is 14.0. The Labute approximate surface area is 110 Å². The molecule has 3 nitrogen and oxygen atoms in total. The SMILES string of the molecule is CC1(C)[C@H](O)CC[C@]2(C)[C@@H](CO)C(CO)=CC[C@@H]12. The molecule has 0 spiro atoms. The second-order valence-electron chi connectivity index (χ2n) is 6.84. The van der Waals surface area contributed by atoms with Crippen molar-refractivity contribution in [3.63, 3.8) is 0 Å². The maximum absolute atomic E-state index is 10.2. The highest BCUT2D eigenvalue weighted by Gasteiger charge is 2.55. The van der Waals surface area contributed by atoms with E-state index in [1.807, 2.05) is 0 Å². The van der Waals surface area contributed by atoms with Crippen LogP contribution in [0.4, 0.5) is 0 Å². The summed E-state index contributed by atoms with van der Waals surface area (Å²) in [6.45, 7) is 6.61. The molecule has 3 N–H and O–H groups in total. The third kappa shape index (κ3) is 1.84. The van der Waals surface area contributed by atoms with Gasteiger partial charge in [-0.3, -0.25) is 0 Å². The lowest BCUT2D eigenvalue weighted by molar-refractivity contribution is -0.122. The molecule has 1 saturated carbocycles. The molecule has 0 aromatic rings. The Kier molecular flexibility index (Phi) is 3.60. The van der Waals surface area contributed by atoms with Crippen molar-refractivity contribution in [2.45, 2.75) is 46.1 Å². The van der Waals surface area contributed by atoms with Crippen LogP contribution in [0, 0.1) is 22.7 Å². The van der Waals surface area contributed by atoms with E-state index in [9.17, 15) is 15.3 Å². The van der Waals surface area contributed by atoms with Gasteiger partial charge in [-0.2, -0.15) is 0 Å². The summed E-state index contributed by atoms with van der Waals surface area (Å²) in [5, 5.41) is 29.4. The molecular formula is C15H26O3. The minimum atomic E-state index is -0.265. The van der Waals surface area contributed by atoms with Crippen LogP contribution in [-0.2, 0) is 0 Å². The summed E-state index contributed by atoms with van der Waals surface area (Å²) >= 11 is 0. The van der Waals surface area contributed by atoms with Crippen LogP contribution in [-0.4, -0.2) is 34.6 Å². The molecule has 2 aliphatic rings. The van der Waals surface area contributed by atoms with Gasteiger partial charge >= 0.3 is 0 Å². The molecule has 0 radical (unpaired) electrons. The molecule has 0 heterocycles. The Morgan fingerprint density at radius 2 is 1.94 bits per heavy atom. The van der Waals surface area contributed by atoms with Crippen molar-refractivity contribution in [2.24, 2.45) is 22.7 Å². The van der Waals surface area contributed by atoms with Crippen LogP contribution in [0.25, 0.3) is 0 Å². The standard InChI is InChI=1S/C15H26O3/c1-14(2)12-5-4-10(8-16)11(9-17)15(12,3)7-6-13(14)18/h4,11-13,16-18H,5-9H2,1-3H3/t11-,12-,13+,15+/m0/s1. The predicted molar refractivity (Wildman–Crippen MR) is 71.0 cm³/mol. The van der Waals surface area contributed by atoms with Gasteiger partial charge in [-0.05, 0) is 41.6 Å². The molecular weight excluding hydrogens is 228 g/mol. The van der Waals surface area contributed by atoms with Gasteiger partial charge in [-0.25, -0.2) is 0 Å². The average Bonchev–Trinajstić information content (AvgIpc) is 2.33. The highest BCUT2D eigenvalue weighted by Crippen LogP contribution is 2.59. The van der Waals surface area contributed by atoms with Gasteiger partial charge < -0.3 is 15.3 Å². The molecule has 3 heteroatoms. The van der Waals surface area contributed by atoms with Crippen molar-refractivity contribution < 1.29 is 15.3 Å². The largest absolute Gasteiger partial charge is 0.396 e. The highest BCUT2D eigenvalue weighted by molar-refractivity contribution is 5.21. The Morgan fingerprint density at radius 1 is 1.28 bits per heavy atom. The zero-order valence-electron chi connectivity index (χ0n) is 11.7. The van der Waals surface area contributed by atoms with Crippen molar-refractivity contribution in [1.29, 1.82) is 0 Å². The number of allylic oxidation sites excluding steroid dienone is 1. The minimum Gasteiger partial charge on any atom is -0.396 e. The molecule has 0 unspecified atom stereocenters. The summed E-state index contributed by atoms with van der Waals surface area (Å²) < 4.78 is 0. The summed E-state index contributed by atoms with van der Waals surface area (Å²) in [4.78, 5) is 0. The predicted octanol–water partition coefficient (Wildman–Crippen LogP) is 1.72. The van der Waals surface area contributed by atoms with Crippen LogP contribution in [0.2, 0.25) is 0 Å². The van der Waals surface area contributed by atoms with Gasteiger partial charge in [0.05, 0.1) is 19.3 Å². The lowest BCUT2D eigenvalue weighted by Gasteiger charge is -2.58. The molecule has 0 aromatic heterocycles. The van der Waals surface area contributed by atoms with Crippen molar-refractivity contribution in [3.05, 3.63) is 11.6 Å².